The zero-order valence-electron chi connectivity index (χ0n) is 7.11. The Morgan fingerprint density at radius 2 is 2.25 bits per heavy atom. The van der Waals surface area contributed by atoms with Crippen LogP contribution in [0.15, 0.2) is 23.7 Å². The van der Waals surface area contributed by atoms with E-state index in [4.69, 9.17) is 0 Å². The van der Waals surface area contributed by atoms with Crippen LogP contribution in [-0.2, 0) is 0 Å². The van der Waals surface area contributed by atoms with E-state index in [1.165, 1.54) is 10.1 Å². The average molecular weight is 178 g/mol. The lowest BCUT2D eigenvalue weighted by molar-refractivity contribution is 1.08. The van der Waals surface area contributed by atoms with Crippen LogP contribution in [0.4, 0.5) is 5.82 Å². The van der Waals surface area contributed by atoms with Gasteiger partial charge in [0, 0.05) is 20.3 Å². The van der Waals surface area contributed by atoms with E-state index >= 15 is 0 Å². The number of nitrogens with zero attached hydrogens (tertiary/aromatic N) is 2. The Bertz CT molecular complexity index is 392. The van der Waals surface area contributed by atoms with Crippen molar-refractivity contribution in [2.75, 3.05) is 19.0 Å². The van der Waals surface area contributed by atoms with Gasteiger partial charge >= 0.3 is 0 Å². The summed E-state index contributed by atoms with van der Waals surface area (Å²) in [6.07, 6.45) is 1.93. The summed E-state index contributed by atoms with van der Waals surface area (Å²) in [6, 6.07) is 4.22. The van der Waals surface area contributed by atoms with E-state index in [2.05, 4.69) is 22.5 Å². The predicted octanol–water partition coefficient (Wildman–Crippen LogP) is 2.36. The van der Waals surface area contributed by atoms with Gasteiger partial charge in [0.2, 0.25) is 0 Å². The largest absolute Gasteiger partial charge is 0.363 e. The van der Waals surface area contributed by atoms with Crippen molar-refractivity contribution in [3.8, 4) is 0 Å². The molecule has 0 bridgehead atoms. The van der Waals surface area contributed by atoms with Crippen LogP contribution in [-0.4, -0.2) is 19.1 Å². The average Bonchev–Trinajstić information content (AvgIpc) is 2.49. The third-order valence-electron chi connectivity index (χ3n) is 1.78. The van der Waals surface area contributed by atoms with Gasteiger partial charge in [0.15, 0.2) is 0 Å². The first-order valence-electron chi connectivity index (χ1n) is 3.78. The minimum atomic E-state index is 1.01. The van der Waals surface area contributed by atoms with Gasteiger partial charge in [0.05, 0.1) is 4.70 Å². The molecule has 2 heterocycles. The maximum Gasteiger partial charge on any atom is 0.128 e. The van der Waals surface area contributed by atoms with Crippen LogP contribution in [0.5, 0.6) is 0 Å². The number of thiophene rings is 1. The molecule has 0 aliphatic rings. The van der Waals surface area contributed by atoms with E-state index in [0.29, 0.717) is 0 Å². The fourth-order valence-corrected chi connectivity index (χ4v) is 1.84. The Morgan fingerprint density at radius 3 is 3.00 bits per heavy atom. The van der Waals surface area contributed by atoms with E-state index < -0.39 is 0 Å². The first-order valence-corrected chi connectivity index (χ1v) is 4.66. The molecule has 0 fully saturated rings. The maximum absolute atomic E-state index is 4.31. The lowest BCUT2D eigenvalue weighted by atomic mass is 10.3. The second-order valence-electron chi connectivity index (χ2n) is 2.90. The summed E-state index contributed by atoms with van der Waals surface area (Å²) in [7, 11) is 4.00. The summed E-state index contributed by atoms with van der Waals surface area (Å²) in [5.74, 6) is 1.01. The molecule has 0 radical (unpaired) electrons. The maximum atomic E-state index is 4.31. The SMILES string of the molecule is CN(C)c1cc2ccsc2cn1. The van der Waals surface area contributed by atoms with Crippen LogP contribution in [0, 0.1) is 0 Å². The minimum absolute atomic E-state index is 1.01. The van der Waals surface area contributed by atoms with Crippen LogP contribution in [0.2, 0.25) is 0 Å². The fourth-order valence-electron chi connectivity index (χ4n) is 1.10. The Kier molecular flexibility index (Phi) is 1.73. The summed E-state index contributed by atoms with van der Waals surface area (Å²) in [5, 5.41) is 3.37. The molecule has 0 saturated heterocycles. The minimum Gasteiger partial charge on any atom is -0.363 e. The summed E-state index contributed by atoms with van der Waals surface area (Å²) in [5.41, 5.74) is 0. The summed E-state index contributed by atoms with van der Waals surface area (Å²) in [6.45, 7) is 0. The molecule has 3 heteroatoms. The molecule has 0 aromatic carbocycles. The highest BCUT2D eigenvalue weighted by Crippen LogP contribution is 2.22. The Labute approximate surface area is 75.5 Å². The van der Waals surface area contributed by atoms with Crippen molar-refractivity contribution in [2.45, 2.75) is 0 Å². The highest BCUT2D eigenvalue weighted by atomic mass is 32.1. The van der Waals surface area contributed by atoms with Crippen LogP contribution < -0.4 is 4.90 Å². The van der Waals surface area contributed by atoms with Gasteiger partial charge in [-0.15, -0.1) is 11.3 Å². The van der Waals surface area contributed by atoms with Gasteiger partial charge in [-0.2, -0.15) is 0 Å². The topological polar surface area (TPSA) is 16.1 Å². The van der Waals surface area contributed by atoms with Crippen LogP contribution in [0.1, 0.15) is 0 Å². The molecular formula is C9H10N2S. The standard InChI is InChI=1S/C9H10N2S/c1-11(2)9-5-7-3-4-12-8(7)6-10-9/h3-6H,1-2H3. The third-order valence-corrected chi connectivity index (χ3v) is 2.65. The molecule has 2 aromatic heterocycles. The monoisotopic (exact) mass is 178 g/mol. The van der Waals surface area contributed by atoms with Crippen molar-refractivity contribution in [1.29, 1.82) is 0 Å². The number of fused-ring (bicyclic) bond motifs is 1. The summed E-state index contributed by atoms with van der Waals surface area (Å²) in [4.78, 5) is 6.33. The molecule has 0 unspecified atom stereocenters. The summed E-state index contributed by atoms with van der Waals surface area (Å²) < 4.78 is 1.25. The molecule has 0 spiro atoms. The van der Waals surface area contributed by atoms with Crippen molar-refractivity contribution in [2.24, 2.45) is 0 Å². The first-order chi connectivity index (χ1) is 5.77. The molecule has 0 saturated carbocycles. The van der Waals surface area contributed by atoms with Gasteiger partial charge in [0.25, 0.3) is 0 Å². The van der Waals surface area contributed by atoms with Gasteiger partial charge < -0.3 is 4.90 Å². The van der Waals surface area contributed by atoms with Crippen molar-refractivity contribution in [3.63, 3.8) is 0 Å². The zero-order valence-corrected chi connectivity index (χ0v) is 7.93. The second-order valence-corrected chi connectivity index (χ2v) is 3.84. The van der Waals surface area contributed by atoms with Gasteiger partial charge in [-0.25, -0.2) is 4.98 Å². The number of anilines is 1. The molecule has 0 aliphatic heterocycles. The van der Waals surface area contributed by atoms with Gasteiger partial charge in [-0.3, -0.25) is 0 Å². The highest BCUT2D eigenvalue weighted by Gasteiger charge is 1.99. The number of pyridine rings is 1. The molecule has 0 amide bonds. The zero-order chi connectivity index (χ0) is 8.55. The Morgan fingerprint density at radius 1 is 1.42 bits per heavy atom. The number of aromatic nitrogens is 1. The quantitative estimate of drug-likeness (QED) is 0.666. The Balaban J connectivity index is 2.60. The lowest BCUT2D eigenvalue weighted by Crippen LogP contribution is -2.09. The van der Waals surface area contributed by atoms with Gasteiger partial charge in [-0.05, 0) is 22.9 Å². The van der Waals surface area contributed by atoms with E-state index in [1.54, 1.807) is 11.3 Å². The number of hydrogen-bond donors (Lipinski definition) is 0. The van der Waals surface area contributed by atoms with Gasteiger partial charge in [-0.1, -0.05) is 0 Å². The highest BCUT2D eigenvalue weighted by molar-refractivity contribution is 7.17. The molecular weight excluding hydrogens is 168 g/mol. The normalized spacial score (nSPS) is 10.5. The van der Waals surface area contributed by atoms with E-state index in [1.807, 2.05) is 25.2 Å². The molecule has 2 nitrogen and oxygen atoms in total. The Hall–Kier alpha value is -1.09. The van der Waals surface area contributed by atoms with Gasteiger partial charge in [0.1, 0.15) is 5.82 Å². The predicted molar refractivity (Wildman–Crippen MR) is 53.9 cm³/mol. The molecule has 62 valence electrons. The molecule has 2 rings (SSSR count). The lowest BCUT2D eigenvalue weighted by Gasteiger charge is -2.09. The van der Waals surface area contributed by atoms with Crippen molar-refractivity contribution in [3.05, 3.63) is 23.7 Å². The summed E-state index contributed by atoms with van der Waals surface area (Å²) >= 11 is 1.73. The van der Waals surface area contributed by atoms with Crippen molar-refractivity contribution < 1.29 is 0 Å². The van der Waals surface area contributed by atoms with Crippen molar-refractivity contribution in [1.82, 2.24) is 4.98 Å². The molecule has 2 aromatic rings. The molecule has 0 N–H and O–H groups in total. The van der Waals surface area contributed by atoms with Crippen LogP contribution >= 0.6 is 11.3 Å². The van der Waals surface area contributed by atoms with Crippen LogP contribution in [0.3, 0.4) is 0 Å². The van der Waals surface area contributed by atoms with Crippen LogP contribution in [0.25, 0.3) is 10.1 Å². The smallest absolute Gasteiger partial charge is 0.128 e. The fraction of sp³-hybridized carbons (Fsp3) is 0.222. The molecule has 0 atom stereocenters. The van der Waals surface area contributed by atoms with E-state index in [-0.39, 0.29) is 0 Å². The second kappa shape index (κ2) is 2.75. The number of rotatable bonds is 1. The number of hydrogen-bond acceptors (Lipinski definition) is 3. The molecule has 12 heavy (non-hydrogen) atoms. The van der Waals surface area contributed by atoms with E-state index in [9.17, 15) is 0 Å². The van der Waals surface area contributed by atoms with E-state index in [0.717, 1.165) is 5.82 Å². The first kappa shape index (κ1) is 7.55. The third kappa shape index (κ3) is 1.16. The molecule has 0 aliphatic carbocycles. The van der Waals surface area contributed by atoms with Crippen molar-refractivity contribution >= 4 is 27.2 Å².